The molecule has 2 N–H and O–H groups in total. The second-order valence-corrected chi connectivity index (χ2v) is 9.58. The molecule has 4 nitrogen and oxygen atoms in total. The van der Waals surface area contributed by atoms with Crippen LogP contribution in [0, 0.1) is 19.3 Å². The summed E-state index contributed by atoms with van der Waals surface area (Å²) in [6.45, 7) is 15.1. The summed E-state index contributed by atoms with van der Waals surface area (Å²) >= 11 is 0. The molecule has 162 valence electrons. The monoisotopic (exact) mass is 408 g/mol. The maximum absolute atomic E-state index is 12.3. The maximum Gasteiger partial charge on any atom is 0.225 e. The lowest BCUT2D eigenvalue weighted by Crippen LogP contribution is -2.33. The summed E-state index contributed by atoms with van der Waals surface area (Å²) < 4.78 is 5.69. The normalized spacial score (nSPS) is 15.3. The number of rotatable bonds is 5. The molecule has 3 rings (SSSR count). The van der Waals surface area contributed by atoms with Gasteiger partial charge in [0.1, 0.15) is 5.75 Å². The number of hydrogen-bond acceptors (Lipinski definition) is 3. The highest BCUT2D eigenvalue weighted by Gasteiger charge is 2.33. The van der Waals surface area contributed by atoms with Gasteiger partial charge in [0.05, 0.1) is 12.5 Å². The minimum absolute atomic E-state index is 0.220. The number of primary amides is 1. The minimum Gasteiger partial charge on any atom is -0.494 e. The number of anilines is 1. The Morgan fingerprint density at radius 1 is 1.13 bits per heavy atom. The van der Waals surface area contributed by atoms with Gasteiger partial charge in [-0.1, -0.05) is 26.8 Å². The fourth-order valence-corrected chi connectivity index (χ4v) is 4.80. The van der Waals surface area contributed by atoms with E-state index >= 15 is 0 Å². The Morgan fingerprint density at radius 3 is 2.37 bits per heavy atom. The molecule has 30 heavy (non-hydrogen) atoms. The van der Waals surface area contributed by atoms with Crippen LogP contribution in [0.3, 0.4) is 0 Å². The predicted molar refractivity (Wildman–Crippen MR) is 124 cm³/mol. The predicted octanol–water partition coefficient (Wildman–Crippen LogP) is 5.27. The highest BCUT2D eigenvalue weighted by atomic mass is 16.5. The largest absolute Gasteiger partial charge is 0.494 e. The van der Waals surface area contributed by atoms with Crippen LogP contribution < -0.4 is 15.4 Å². The van der Waals surface area contributed by atoms with E-state index in [-0.39, 0.29) is 17.2 Å². The summed E-state index contributed by atoms with van der Waals surface area (Å²) in [6, 6.07) is 10.9. The average Bonchev–Trinajstić information content (AvgIpc) is 2.85. The molecule has 0 radical (unpaired) electrons. The quantitative estimate of drug-likeness (QED) is 0.733. The maximum atomic E-state index is 12.3. The number of carbonyl (C=O) groups excluding carboxylic acids is 1. The Balaban J connectivity index is 1.94. The number of ether oxygens (including phenoxy) is 1. The lowest BCUT2D eigenvalue weighted by Gasteiger charge is -2.32. The van der Waals surface area contributed by atoms with Crippen LogP contribution in [0.2, 0.25) is 0 Å². The summed E-state index contributed by atoms with van der Waals surface area (Å²) in [6.07, 6.45) is 2.17. The first-order valence-corrected chi connectivity index (χ1v) is 11.0. The van der Waals surface area contributed by atoms with E-state index < -0.39 is 0 Å². The molecule has 1 atom stereocenters. The number of benzene rings is 2. The van der Waals surface area contributed by atoms with E-state index in [2.05, 4.69) is 69.9 Å². The summed E-state index contributed by atoms with van der Waals surface area (Å²) in [5, 5.41) is 0. The first-order chi connectivity index (χ1) is 14.1. The summed E-state index contributed by atoms with van der Waals surface area (Å²) in [5.41, 5.74) is 12.9. The number of nitrogens with two attached hydrogens (primary N) is 1. The van der Waals surface area contributed by atoms with Gasteiger partial charge in [0.2, 0.25) is 5.91 Å². The highest BCUT2D eigenvalue weighted by Crippen LogP contribution is 2.40. The van der Waals surface area contributed by atoms with Gasteiger partial charge in [-0.3, -0.25) is 4.79 Å². The Morgan fingerprint density at radius 2 is 1.80 bits per heavy atom. The molecule has 4 heteroatoms. The van der Waals surface area contributed by atoms with E-state index in [0.29, 0.717) is 6.61 Å². The number of fused-ring (bicyclic) bond motifs is 1. The van der Waals surface area contributed by atoms with Crippen molar-refractivity contribution in [2.24, 2.45) is 11.1 Å². The summed E-state index contributed by atoms with van der Waals surface area (Å²) in [5.74, 6) is 0.407. The lowest BCUT2D eigenvalue weighted by atomic mass is 9.73. The van der Waals surface area contributed by atoms with Gasteiger partial charge in [0.15, 0.2) is 0 Å². The summed E-state index contributed by atoms with van der Waals surface area (Å²) in [7, 11) is 0. The fourth-order valence-electron chi connectivity index (χ4n) is 4.80. The first kappa shape index (κ1) is 22.2. The zero-order valence-corrected chi connectivity index (χ0v) is 19.3. The molecule has 1 aliphatic rings. The van der Waals surface area contributed by atoms with Crippen molar-refractivity contribution in [1.82, 2.24) is 0 Å². The van der Waals surface area contributed by atoms with Gasteiger partial charge in [0.25, 0.3) is 0 Å². The Labute approximate surface area is 181 Å². The van der Waals surface area contributed by atoms with E-state index in [1.165, 1.54) is 16.8 Å². The molecule has 0 aromatic heterocycles. The second kappa shape index (κ2) is 8.71. The third-order valence-corrected chi connectivity index (χ3v) is 6.11. The zero-order chi connectivity index (χ0) is 22.1. The smallest absolute Gasteiger partial charge is 0.225 e. The molecule has 2 aromatic rings. The molecule has 0 aliphatic carbocycles. The van der Waals surface area contributed by atoms with Crippen molar-refractivity contribution in [2.75, 3.05) is 18.1 Å². The number of carbonyl (C=O) groups is 1. The number of hydrogen-bond donors (Lipinski definition) is 1. The van der Waals surface area contributed by atoms with Gasteiger partial charge in [-0.05, 0) is 91.1 Å². The Kier molecular flexibility index (Phi) is 6.44. The van der Waals surface area contributed by atoms with Crippen LogP contribution in [0.25, 0.3) is 0 Å². The molecule has 2 aromatic carbocycles. The van der Waals surface area contributed by atoms with Crippen molar-refractivity contribution in [2.45, 2.75) is 66.8 Å². The van der Waals surface area contributed by atoms with Crippen LogP contribution in [0.4, 0.5) is 5.69 Å². The first-order valence-electron chi connectivity index (χ1n) is 11.0. The van der Waals surface area contributed by atoms with Gasteiger partial charge < -0.3 is 15.4 Å². The lowest BCUT2D eigenvalue weighted by molar-refractivity contribution is -0.121. The van der Waals surface area contributed by atoms with Crippen molar-refractivity contribution in [3.8, 4) is 5.75 Å². The SMILES string of the molecule is CCOc1ccc2c(c1)CCCN(c1cc(C)c(C(C(N)=O)C(C)(C)C)c(C)c1)C2. The topological polar surface area (TPSA) is 55.6 Å². The Hall–Kier alpha value is -2.49. The minimum atomic E-state index is -0.298. The van der Waals surface area contributed by atoms with Crippen LogP contribution in [-0.2, 0) is 17.8 Å². The molecule has 0 spiro atoms. The van der Waals surface area contributed by atoms with Crippen LogP contribution in [0.1, 0.15) is 67.9 Å². The van der Waals surface area contributed by atoms with E-state index in [0.717, 1.165) is 48.4 Å². The van der Waals surface area contributed by atoms with Crippen molar-refractivity contribution < 1.29 is 9.53 Å². The average molecular weight is 409 g/mol. The molecule has 0 saturated carbocycles. The molecule has 1 aliphatic heterocycles. The van der Waals surface area contributed by atoms with Gasteiger partial charge in [-0.15, -0.1) is 0 Å². The van der Waals surface area contributed by atoms with E-state index in [9.17, 15) is 4.79 Å². The fraction of sp³-hybridized carbons (Fsp3) is 0.500. The van der Waals surface area contributed by atoms with E-state index in [4.69, 9.17) is 10.5 Å². The number of nitrogens with zero attached hydrogens (tertiary/aromatic N) is 1. The zero-order valence-electron chi connectivity index (χ0n) is 19.3. The molecule has 1 amide bonds. The standard InChI is InChI=1S/C26H36N2O2/c1-7-30-22-11-10-20-16-28(12-8-9-19(20)15-22)21-13-17(2)23(18(3)14-21)24(25(27)29)26(4,5)6/h10-11,13-15,24H,7-9,12,16H2,1-6H3,(H2,27,29). The van der Waals surface area contributed by atoms with Crippen molar-refractivity contribution >= 4 is 11.6 Å². The molecule has 1 heterocycles. The Bertz CT molecular complexity index is 904. The van der Waals surface area contributed by atoms with Gasteiger partial charge in [-0.25, -0.2) is 0 Å². The van der Waals surface area contributed by atoms with Gasteiger partial charge >= 0.3 is 0 Å². The van der Waals surface area contributed by atoms with Gasteiger partial charge in [-0.2, -0.15) is 0 Å². The van der Waals surface area contributed by atoms with Crippen molar-refractivity contribution in [1.29, 1.82) is 0 Å². The van der Waals surface area contributed by atoms with E-state index in [1.807, 2.05) is 6.92 Å². The molecule has 0 fully saturated rings. The van der Waals surface area contributed by atoms with Crippen molar-refractivity contribution in [3.63, 3.8) is 0 Å². The summed E-state index contributed by atoms with van der Waals surface area (Å²) in [4.78, 5) is 14.7. The highest BCUT2D eigenvalue weighted by molar-refractivity contribution is 5.84. The number of amides is 1. The third kappa shape index (κ3) is 4.63. The molecule has 0 saturated heterocycles. The molecule has 1 unspecified atom stereocenters. The van der Waals surface area contributed by atoms with Gasteiger partial charge in [0, 0.05) is 18.8 Å². The van der Waals surface area contributed by atoms with Crippen LogP contribution in [-0.4, -0.2) is 19.1 Å². The van der Waals surface area contributed by atoms with Crippen LogP contribution >= 0.6 is 0 Å². The molecular weight excluding hydrogens is 372 g/mol. The molecular formula is C26H36N2O2. The van der Waals surface area contributed by atoms with Crippen molar-refractivity contribution in [3.05, 3.63) is 58.1 Å². The van der Waals surface area contributed by atoms with Crippen LogP contribution in [0.15, 0.2) is 30.3 Å². The van der Waals surface area contributed by atoms with E-state index in [1.54, 1.807) is 0 Å². The van der Waals surface area contributed by atoms with Crippen LogP contribution in [0.5, 0.6) is 5.75 Å². The second-order valence-electron chi connectivity index (χ2n) is 9.58. The molecule has 0 bridgehead atoms. The third-order valence-electron chi connectivity index (χ3n) is 6.11. The number of aryl methyl sites for hydroxylation is 3.